The lowest BCUT2D eigenvalue weighted by Crippen LogP contribution is -2.18. The molecule has 0 spiro atoms. The summed E-state index contributed by atoms with van der Waals surface area (Å²) >= 11 is 5.79. The van der Waals surface area contributed by atoms with E-state index in [1.165, 1.54) is 0 Å². The third-order valence-electron chi connectivity index (χ3n) is 1.73. The number of rotatable bonds is 4. The van der Waals surface area contributed by atoms with Crippen molar-refractivity contribution >= 4 is 11.6 Å². The Morgan fingerprint density at radius 3 is 2.92 bits per heavy atom. The Morgan fingerprint density at radius 1 is 1.54 bits per heavy atom. The zero-order valence-corrected chi connectivity index (χ0v) is 8.42. The van der Waals surface area contributed by atoms with E-state index in [0.29, 0.717) is 24.1 Å². The van der Waals surface area contributed by atoms with E-state index in [0.717, 1.165) is 5.75 Å². The fourth-order valence-corrected chi connectivity index (χ4v) is 1.04. The zero-order chi connectivity index (χ0) is 9.68. The third kappa shape index (κ3) is 3.66. The molecular formula is C10H14ClNO. The monoisotopic (exact) mass is 199 g/mol. The van der Waals surface area contributed by atoms with E-state index in [1.807, 2.05) is 25.1 Å². The van der Waals surface area contributed by atoms with Crippen molar-refractivity contribution in [3.05, 3.63) is 29.3 Å². The van der Waals surface area contributed by atoms with Crippen LogP contribution in [0.1, 0.15) is 6.92 Å². The lowest BCUT2D eigenvalue weighted by molar-refractivity contribution is 0.264. The van der Waals surface area contributed by atoms with Crippen LogP contribution in [-0.4, -0.2) is 13.2 Å². The summed E-state index contributed by atoms with van der Waals surface area (Å²) < 4.78 is 5.48. The fraction of sp³-hybridized carbons (Fsp3) is 0.400. The topological polar surface area (TPSA) is 35.2 Å². The fourth-order valence-electron chi connectivity index (χ4n) is 0.863. The first-order valence-corrected chi connectivity index (χ1v) is 4.68. The molecule has 1 unspecified atom stereocenters. The van der Waals surface area contributed by atoms with E-state index in [2.05, 4.69) is 0 Å². The Balaban J connectivity index is 2.45. The minimum atomic E-state index is 0.374. The molecule has 1 aromatic carbocycles. The van der Waals surface area contributed by atoms with Gasteiger partial charge in [0, 0.05) is 10.9 Å². The molecule has 1 aromatic rings. The molecule has 0 aromatic heterocycles. The molecule has 2 nitrogen and oxygen atoms in total. The second-order valence-electron chi connectivity index (χ2n) is 3.11. The second-order valence-corrected chi connectivity index (χ2v) is 3.55. The summed E-state index contributed by atoms with van der Waals surface area (Å²) in [4.78, 5) is 0. The van der Waals surface area contributed by atoms with Crippen molar-refractivity contribution in [3.63, 3.8) is 0 Å². The van der Waals surface area contributed by atoms with E-state index in [9.17, 15) is 0 Å². The Kier molecular flexibility index (Phi) is 4.06. The molecule has 0 bridgehead atoms. The first-order valence-electron chi connectivity index (χ1n) is 4.31. The van der Waals surface area contributed by atoms with Crippen molar-refractivity contribution in [3.8, 4) is 5.75 Å². The van der Waals surface area contributed by atoms with Gasteiger partial charge in [-0.2, -0.15) is 0 Å². The van der Waals surface area contributed by atoms with Crippen LogP contribution in [0.2, 0.25) is 5.02 Å². The van der Waals surface area contributed by atoms with Crippen molar-refractivity contribution in [2.45, 2.75) is 6.92 Å². The normalized spacial score (nSPS) is 12.5. The summed E-state index contributed by atoms with van der Waals surface area (Å²) in [6, 6.07) is 7.37. The van der Waals surface area contributed by atoms with Gasteiger partial charge in [0.15, 0.2) is 0 Å². The van der Waals surface area contributed by atoms with Crippen LogP contribution in [0.3, 0.4) is 0 Å². The van der Waals surface area contributed by atoms with Gasteiger partial charge in [-0.1, -0.05) is 24.6 Å². The van der Waals surface area contributed by atoms with Crippen LogP contribution in [0.4, 0.5) is 0 Å². The number of benzene rings is 1. The lowest BCUT2D eigenvalue weighted by atomic mass is 10.2. The highest BCUT2D eigenvalue weighted by Gasteiger charge is 2.00. The van der Waals surface area contributed by atoms with Gasteiger partial charge >= 0.3 is 0 Å². The standard InChI is InChI=1S/C10H14ClNO/c1-8(6-12)7-13-10-4-2-3-9(11)5-10/h2-5,8H,6-7,12H2,1H3. The Labute approximate surface area is 83.6 Å². The van der Waals surface area contributed by atoms with Gasteiger partial charge in [-0.05, 0) is 24.7 Å². The molecule has 1 rings (SSSR count). The average molecular weight is 200 g/mol. The number of hydrogen-bond acceptors (Lipinski definition) is 2. The van der Waals surface area contributed by atoms with Crippen LogP contribution in [0.25, 0.3) is 0 Å². The van der Waals surface area contributed by atoms with Crippen molar-refractivity contribution in [2.24, 2.45) is 11.7 Å². The maximum atomic E-state index is 5.79. The summed E-state index contributed by atoms with van der Waals surface area (Å²) in [6.45, 7) is 3.32. The minimum Gasteiger partial charge on any atom is -0.493 e. The maximum Gasteiger partial charge on any atom is 0.120 e. The van der Waals surface area contributed by atoms with E-state index in [4.69, 9.17) is 22.1 Å². The Hall–Kier alpha value is -0.730. The van der Waals surface area contributed by atoms with E-state index in [-0.39, 0.29) is 0 Å². The van der Waals surface area contributed by atoms with Crippen molar-refractivity contribution in [2.75, 3.05) is 13.2 Å². The number of nitrogens with two attached hydrogens (primary N) is 1. The van der Waals surface area contributed by atoms with E-state index >= 15 is 0 Å². The predicted molar refractivity (Wildman–Crippen MR) is 55.2 cm³/mol. The highest BCUT2D eigenvalue weighted by atomic mass is 35.5. The highest BCUT2D eigenvalue weighted by Crippen LogP contribution is 2.17. The lowest BCUT2D eigenvalue weighted by Gasteiger charge is -2.10. The quantitative estimate of drug-likeness (QED) is 0.808. The number of halogens is 1. The van der Waals surface area contributed by atoms with Crippen LogP contribution in [0, 0.1) is 5.92 Å². The Bertz CT molecular complexity index is 265. The largest absolute Gasteiger partial charge is 0.493 e. The average Bonchev–Trinajstić information content (AvgIpc) is 2.14. The zero-order valence-electron chi connectivity index (χ0n) is 7.66. The van der Waals surface area contributed by atoms with Gasteiger partial charge in [0.2, 0.25) is 0 Å². The molecule has 3 heteroatoms. The summed E-state index contributed by atoms with van der Waals surface area (Å²) in [5, 5.41) is 0.693. The molecule has 1 atom stereocenters. The number of hydrogen-bond donors (Lipinski definition) is 1. The molecule has 72 valence electrons. The molecule has 0 heterocycles. The summed E-state index contributed by atoms with van der Waals surface area (Å²) in [6.07, 6.45) is 0. The maximum absolute atomic E-state index is 5.79. The van der Waals surface area contributed by atoms with Gasteiger partial charge in [-0.25, -0.2) is 0 Å². The molecular weight excluding hydrogens is 186 g/mol. The molecule has 13 heavy (non-hydrogen) atoms. The molecule has 0 amide bonds. The SMILES string of the molecule is CC(CN)COc1cccc(Cl)c1. The molecule has 0 aliphatic carbocycles. The summed E-state index contributed by atoms with van der Waals surface area (Å²) in [5.41, 5.74) is 5.46. The molecule has 0 saturated carbocycles. The Morgan fingerprint density at radius 2 is 2.31 bits per heavy atom. The summed E-state index contributed by atoms with van der Waals surface area (Å²) in [7, 11) is 0. The van der Waals surface area contributed by atoms with Crippen molar-refractivity contribution < 1.29 is 4.74 Å². The van der Waals surface area contributed by atoms with E-state index < -0.39 is 0 Å². The van der Waals surface area contributed by atoms with Gasteiger partial charge in [0.25, 0.3) is 0 Å². The molecule has 0 fully saturated rings. The third-order valence-corrected chi connectivity index (χ3v) is 1.97. The van der Waals surface area contributed by atoms with Crippen molar-refractivity contribution in [1.82, 2.24) is 0 Å². The molecule has 0 radical (unpaired) electrons. The summed E-state index contributed by atoms with van der Waals surface area (Å²) in [5.74, 6) is 1.17. The molecule has 0 aliphatic rings. The van der Waals surface area contributed by atoms with Gasteiger partial charge in [-0.3, -0.25) is 0 Å². The van der Waals surface area contributed by atoms with Crippen LogP contribution in [-0.2, 0) is 0 Å². The van der Waals surface area contributed by atoms with Crippen LogP contribution in [0.5, 0.6) is 5.75 Å². The van der Waals surface area contributed by atoms with Crippen LogP contribution in [0.15, 0.2) is 24.3 Å². The van der Waals surface area contributed by atoms with E-state index in [1.54, 1.807) is 6.07 Å². The molecule has 0 saturated heterocycles. The molecule has 2 N–H and O–H groups in total. The predicted octanol–water partition coefficient (Wildman–Crippen LogP) is 2.31. The highest BCUT2D eigenvalue weighted by molar-refractivity contribution is 6.30. The van der Waals surface area contributed by atoms with Gasteiger partial charge < -0.3 is 10.5 Å². The smallest absolute Gasteiger partial charge is 0.120 e. The number of ether oxygens (including phenoxy) is 1. The van der Waals surface area contributed by atoms with Crippen LogP contribution < -0.4 is 10.5 Å². The molecule has 0 aliphatic heterocycles. The van der Waals surface area contributed by atoms with Gasteiger partial charge in [0.05, 0.1) is 6.61 Å². The first kappa shape index (κ1) is 10.4. The van der Waals surface area contributed by atoms with Gasteiger partial charge in [-0.15, -0.1) is 0 Å². The minimum absolute atomic E-state index is 0.374. The van der Waals surface area contributed by atoms with Crippen LogP contribution >= 0.6 is 11.6 Å². The first-order chi connectivity index (χ1) is 6.22. The van der Waals surface area contributed by atoms with Crippen molar-refractivity contribution in [1.29, 1.82) is 0 Å². The second kappa shape index (κ2) is 5.10. The van der Waals surface area contributed by atoms with Gasteiger partial charge in [0.1, 0.15) is 5.75 Å².